The van der Waals surface area contributed by atoms with Gasteiger partial charge in [-0.2, -0.15) is 0 Å². The van der Waals surface area contributed by atoms with E-state index in [0.717, 1.165) is 0 Å². The Morgan fingerprint density at radius 3 is 2.52 bits per heavy atom. The summed E-state index contributed by atoms with van der Waals surface area (Å²) in [4.78, 5) is 4.39. The van der Waals surface area contributed by atoms with Crippen LogP contribution >= 0.6 is 27.5 Å². The molecule has 0 radical (unpaired) electrons. The van der Waals surface area contributed by atoms with E-state index in [4.69, 9.17) is 11.6 Å². The van der Waals surface area contributed by atoms with Crippen molar-refractivity contribution in [3.8, 4) is 0 Å². The molecule has 0 aliphatic heterocycles. The van der Waals surface area contributed by atoms with Crippen molar-refractivity contribution in [3.63, 3.8) is 0 Å². The number of hydrogen-bond acceptors (Lipinski definition) is 3. The van der Waals surface area contributed by atoms with Crippen LogP contribution in [0.2, 0.25) is 5.02 Å². The molecule has 3 rings (SSSR count). The van der Waals surface area contributed by atoms with E-state index >= 15 is 0 Å². The fourth-order valence-electron chi connectivity index (χ4n) is 2.21. The lowest BCUT2D eigenvalue weighted by atomic mass is 10.3. The lowest BCUT2D eigenvalue weighted by molar-refractivity contribution is 0.587. The van der Waals surface area contributed by atoms with Gasteiger partial charge in [-0.1, -0.05) is 29.8 Å². The molecule has 21 heavy (non-hydrogen) atoms. The van der Waals surface area contributed by atoms with Gasteiger partial charge < -0.3 is 0 Å². The summed E-state index contributed by atoms with van der Waals surface area (Å²) in [5.41, 5.74) is 0.852. The predicted molar refractivity (Wildman–Crippen MR) is 86.2 cm³/mol. The van der Waals surface area contributed by atoms with Crippen LogP contribution in [0.3, 0.4) is 0 Å². The second kappa shape index (κ2) is 5.12. The third-order valence-electron chi connectivity index (χ3n) is 3.20. The molecule has 7 heteroatoms. The van der Waals surface area contributed by atoms with Crippen molar-refractivity contribution in [1.82, 2.24) is 8.96 Å². The molecule has 0 atom stereocenters. The zero-order valence-corrected chi connectivity index (χ0v) is 14.1. The molecule has 0 fully saturated rings. The molecule has 4 nitrogen and oxygen atoms in total. The smallest absolute Gasteiger partial charge is 0.237 e. The van der Waals surface area contributed by atoms with E-state index in [1.807, 2.05) is 0 Å². The summed E-state index contributed by atoms with van der Waals surface area (Å²) in [6.45, 7) is 1.71. The molecule has 1 aromatic carbocycles. The summed E-state index contributed by atoms with van der Waals surface area (Å²) < 4.78 is 27.6. The first-order valence-corrected chi connectivity index (χ1v) is 8.67. The minimum absolute atomic E-state index is 0.208. The van der Waals surface area contributed by atoms with Gasteiger partial charge in [0.05, 0.1) is 19.8 Å². The Hall–Kier alpha value is -1.37. The standard InChI is InChI=1S/C14H10BrClN2O2S/c1-9-13(15)12-11(16)7-8-17-14(12)18(9)21(19,20)10-5-3-2-4-6-10/h2-8H,1H3. The topological polar surface area (TPSA) is 52.0 Å². The number of aromatic nitrogens is 2. The minimum Gasteiger partial charge on any atom is -0.237 e. The van der Waals surface area contributed by atoms with Crippen LogP contribution in [0, 0.1) is 6.92 Å². The lowest BCUT2D eigenvalue weighted by Crippen LogP contribution is -2.14. The van der Waals surface area contributed by atoms with E-state index in [0.29, 0.717) is 26.2 Å². The molecule has 0 aliphatic rings. The Morgan fingerprint density at radius 1 is 1.19 bits per heavy atom. The van der Waals surface area contributed by atoms with Gasteiger partial charge in [0.15, 0.2) is 5.65 Å². The van der Waals surface area contributed by atoms with Gasteiger partial charge in [-0.3, -0.25) is 0 Å². The highest BCUT2D eigenvalue weighted by atomic mass is 79.9. The van der Waals surface area contributed by atoms with Gasteiger partial charge in [0, 0.05) is 11.9 Å². The maximum Gasteiger partial charge on any atom is 0.269 e. The van der Waals surface area contributed by atoms with Gasteiger partial charge in [-0.15, -0.1) is 0 Å². The number of fused-ring (bicyclic) bond motifs is 1. The fourth-order valence-corrected chi connectivity index (χ4v) is 4.77. The largest absolute Gasteiger partial charge is 0.269 e. The van der Waals surface area contributed by atoms with E-state index in [1.165, 1.54) is 10.2 Å². The number of nitrogens with zero attached hydrogens (tertiary/aromatic N) is 2. The highest BCUT2D eigenvalue weighted by Gasteiger charge is 2.25. The van der Waals surface area contributed by atoms with E-state index in [2.05, 4.69) is 20.9 Å². The summed E-state index contributed by atoms with van der Waals surface area (Å²) in [5.74, 6) is 0. The monoisotopic (exact) mass is 384 g/mol. The first kappa shape index (κ1) is 14.6. The lowest BCUT2D eigenvalue weighted by Gasteiger charge is -2.09. The first-order valence-electron chi connectivity index (χ1n) is 6.06. The average Bonchev–Trinajstić information content (AvgIpc) is 2.73. The van der Waals surface area contributed by atoms with Crippen LogP contribution in [0.4, 0.5) is 0 Å². The third-order valence-corrected chi connectivity index (χ3v) is 6.28. The predicted octanol–water partition coefficient (Wildman–Crippen LogP) is 4.00. The molecule has 108 valence electrons. The van der Waals surface area contributed by atoms with Gasteiger partial charge in [0.1, 0.15) is 0 Å². The molecular weight excluding hydrogens is 376 g/mol. The summed E-state index contributed by atoms with van der Waals surface area (Å²) in [5, 5.41) is 1.05. The second-order valence-corrected chi connectivity index (χ2v) is 7.46. The van der Waals surface area contributed by atoms with Crippen molar-refractivity contribution < 1.29 is 8.42 Å². The van der Waals surface area contributed by atoms with Crippen LogP contribution in [0.5, 0.6) is 0 Å². The number of benzene rings is 1. The maximum atomic E-state index is 12.9. The van der Waals surface area contributed by atoms with Crippen molar-refractivity contribution in [3.05, 3.63) is 57.8 Å². The van der Waals surface area contributed by atoms with Crippen molar-refractivity contribution in [2.75, 3.05) is 0 Å². The average molecular weight is 386 g/mol. The molecule has 0 saturated carbocycles. The van der Waals surface area contributed by atoms with Crippen molar-refractivity contribution >= 4 is 48.6 Å². The second-order valence-electron chi connectivity index (χ2n) is 4.47. The van der Waals surface area contributed by atoms with Crippen LogP contribution in [-0.4, -0.2) is 17.4 Å². The first-order chi connectivity index (χ1) is 9.94. The van der Waals surface area contributed by atoms with Gasteiger partial charge in [0.25, 0.3) is 10.0 Å². The molecule has 0 N–H and O–H groups in total. The van der Waals surface area contributed by atoms with Gasteiger partial charge in [-0.05, 0) is 41.1 Å². The third kappa shape index (κ3) is 2.18. The molecule has 3 aromatic rings. The normalized spacial score (nSPS) is 12.0. The van der Waals surface area contributed by atoms with Gasteiger partial charge in [-0.25, -0.2) is 17.4 Å². The molecule has 0 unspecified atom stereocenters. The molecular formula is C14H10BrClN2O2S. The van der Waals surface area contributed by atoms with Crippen molar-refractivity contribution in [1.29, 1.82) is 0 Å². The van der Waals surface area contributed by atoms with Crippen LogP contribution < -0.4 is 0 Å². The van der Waals surface area contributed by atoms with E-state index in [1.54, 1.807) is 43.3 Å². The quantitative estimate of drug-likeness (QED) is 0.670. The van der Waals surface area contributed by atoms with Crippen LogP contribution in [-0.2, 0) is 10.0 Å². The van der Waals surface area contributed by atoms with Gasteiger partial charge >= 0.3 is 0 Å². The van der Waals surface area contributed by atoms with E-state index in [9.17, 15) is 8.42 Å². The van der Waals surface area contributed by atoms with E-state index in [-0.39, 0.29) is 4.90 Å². The SMILES string of the molecule is Cc1c(Br)c2c(Cl)ccnc2n1S(=O)(=O)c1ccccc1. The number of rotatable bonds is 2. The Kier molecular flexibility index (Phi) is 3.55. The van der Waals surface area contributed by atoms with Crippen LogP contribution in [0.1, 0.15) is 5.69 Å². The van der Waals surface area contributed by atoms with Crippen molar-refractivity contribution in [2.45, 2.75) is 11.8 Å². The van der Waals surface area contributed by atoms with Crippen molar-refractivity contribution in [2.24, 2.45) is 0 Å². The Bertz CT molecular complexity index is 937. The number of hydrogen-bond donors (Lipinski definition) is 0. The summed E-state index contributed by atoms with van der Waals surface area (Å²) in [6, 6.07) is 9.88. The Morgan fingerprint density at radius 2 is 1.86 bits per heavy atom. The highest BCUT2D eigenvalue weighted by molar-refractivity contribution is 9.10. The molecule has 0 amide bonds. The molecule has 0 aliphatic carbocycles. The summed E-state index contributed by atoms with van der Waals surface area (Å²) >= 11 is 9.57. The highest BCUT2D eigenvalue weighted by Crippen LogP contribution is 2.36. The molecule has 0 saturated heterocycles. The molecule has 0 spiro atoms. The van der Waals surface area contributed by atoms with E-state index < -0.39 is 10.0 Å². The van der Waals surface area contributed by atoms with Crippen LogP contribution in [0.15, 0.2) is 52.0 Å². The summed E-state index contributed by atoms with van der Waals surface area (Å²) in [7, 11) is -3.73. The zero-order valence-electron chi connectivity index (χ0n) is 10.9. The number of pyridine rings is 1. The molecule has 0 bridgehead atoms. The minimum atomic E-state index is -3.73. The van der Waals surface area contributed by atoms with Crippen LogP contribution in [0.25, 0.3) is 11.0 Å². The summed E-state index contributed by atoms with van der Waals surface area (Å²) in [6.07, 6.45) is 1.49. The molecule has 2 heterocycles. The number of halogens is 2. The maximum absolute atomic E-state index is 12.9. The fraction of sp³-hybridized carbons (Fsp3) is 0.0714. The Balaban J connectivity index is 2.42. The zero-order chi connectivity index (χ0) is 15.2. The van der Waals surface area contributed by atoms with Gasteiger partial charge in [0.2, 0.25) is 0 Å². The molecule has 2 aromatic heterocycles. The Labute approximate surface area is 135 Å².